The van der Waals surface area contributed by atoms with Crippen LogP contribution in [0.1, 0.15) is 39.0 Å². The maximum absolute atomic E-state index is 3.62. The number of likely N-dealkylation sites (N-methyl/N-ethyl adjacent to an activating group) is 1. The largest absolute Gasteiger partial charge is 0.314 e. The summed E-state index contributed by atoms with van der Waals surface area (Å²) in [6, 6.07) is 4.97. The number of rotatable bonds is 8. The highest BCUT2D eigenvalue weighted by Crippen LogP contribution is 2.22. The third-order valence-corrected chi connectivity index (χ3v) is 4.55. The van der Waals surface area contributed by atoms with Crippen molar-refractivity contribution in [3.8, 4) is 0 Å². The highest BCUT2D eigenvalue weighted by molar-refractivity contribution is 7.09. The molecule has 110 valence electrons. The highest BCUT2D eigenvalue weighted by atomic mass is 32.1. The molecule has 0 saturated heterocycles. The Morgan fingerprint density at radius 2 is 2.05 bits per heavy atom. The van der Waals surface area contributed by atoms with Gasteiger partial charge >= 0.3 is 0 Å². The van der Waals surface area contributed by atoms with E-state index in [0.717, 1.165) is 13.1 Å². The Hall–Kier alpha value is -0.380. The number of nitrogens with zero attached hydrogens (tertiary/aromatic N) is 1. The summed E-state index contributed by atoms with van der Waals surface area (Å²) in [5, 5.41) is 5.79. The zero-order valence-electron chi connectivity index (χ0n) is 13.2. The first-order valence-corrected chi connectivity index (χ1v) is 8.25. The van der Waals surface area contributed by atoms with Gasteiger partial charge in [-0.2, -0.15) is 0 Å². The van der Waals surface area contributed by atoms with Crippen molar-refractivity contribution >= 4 is 11.3 Å². The minimum absolute atomic E-state index is 0.338. The monoisotopic (exact) mass is 282 g/mol. The number of thiophene rings is 1. The lowest BCUT2D eigenvalue weighted by atomic mass is 9.84. The van der Waals surface area contributed by atoms with Crippen LogP contribution in [0.25, 0.3) is 0 Å². The molecule has 1 heterocycles. The van der Waals surface area contributed by atoms with Crippen LogP contribution in [0.15, 0.2) is 17.5 Å². The van der Waals surface area contributed by atoms with Crippen molar-refractivity contribution in [2.75, 3.05) is 26.7 Å². The molecule has 0 bridgehead atoms. The SMILES string of the molecule is CCNC(CCN(C)CCc1cccs1)C(C)(C)C. The van der Waals surface area contributed by atoms with Gasteiger partial charge in [0.05, 0.1) is 0 Å². The number of hydrogen-bond donors (Lipinski definition) is 1. The number of nitrogens with one attached hydrogen (secondary N) is 1. The molecule has 0 aliphatic rings. The fourth-order valence-corrected chi connectivity index (χ4v) is 3.00. The van der Waals surface area contributed by atoms with Crippen LogP contribution in [0.5, 0.6) is 0 Å². The summed E-state index contributed by atoms with van der Waals surface area (Å²) in [4.78, 5) is 3.95. The van der Waals surface area contributed by atoms with Crippen LogP contribution >= 0.6 is 11.3 Å². The lowest BCUT2D eigenvalue weighted by molar-refractivity contribution is 0.224. The molecule has 1 aromatic heterocycles. The average molecular weight is 282 g/mol. The average Bonchev–Trinajstić information content (AvgIpc) is 2.83. The Bertz CT molecular complexity index is 327. The Morgan fingerprint density at radius 1 is 1.32 bits per heavy atom. The molecular formula is C16H30N2S. The normalized spacial score (nSPS) is 14.0. The van der Waals surface area contributed by atoms with Gasteiger partial charge in [0.15, 0.2) is 0 Å². The zero-order valence-corrected chi connectivity index (χ0v) is 14.0. The molecule has 0 saturated carbocycles. The van der Waals surface area contributed by atoms with Gasteiger partial charge in [0.25, 0.3) is 0 Å². The summed E-state index contributed by atoms with van der Waals surface area (Å²) in [5.41, 5.74) is 0.338. The van der Waals surface area contributed by atoms with Crippen molar-refractivity contribution in [2.24, 2.45) is 5.41 Å². The molecule has 0 aliphatic heterocycles. The summed E-state index contributed by atoms with van der Waals surface area (Å²) in [7, 11) is 2.24. The van der Waals surface area contributed by atoms with Crippen LogP contribution in [0.4, 0.5) is 0 Å². The van der Waals surface area contributed by atoms with Gasteiger partial charge in [-0.25, -0.2) is 0 Å². The Morgan fingerprint density at radius 3 is 2.58 bits per heavy atom. The van der Waals surface area contributed by atoms with Crippen molar-refractivity contribution in [3.05, 3.63) is 22.4 Å². The van der Waals surface area contributed by atoms with Gasteiger partial charge in [-0.15, -0.1) is 11.3 Å². The molecule has 0 fully saturated rings. The molecule has 1 aromatic rings. The molecule has 3 heteroatoms. The molecule has 0 spiro atoms. The quantitative estimate of drug-likeness (QED) is 0.783. The third-order valence-electron chi connectivity index (χ3n) is 3.62. The van der Waals surface area contributed by atoms with E-state index >= 15 is 0 Å². The van der Waals surface area contributed by atoms with Gasteiger partial charge in [-0.1, -0.05) is 33.8 Å². The van der Waals surface area contributed by atoms with Gasteiger partial charge in [-0.3, -0.25) is 0 Å². The molecule has 0 aromatic carbocycles. The predicted octanol–water partition coefficient (Wildman–Crippen LogP) is 3.64. The summed E-state index contributed by atoms with van der Waals surface area (Å²) < 4.78 is 0. The van der Waals surface area contributed by atoms with Crippen LogP contribution < -0.4 is 5.32 Å². The van der Waals surface area contributed by atoms with E-state index in [1.165, 1.54) is 24.3 Å². The van der Waals surface area contributed by atoms with E-state index in [1.807, 2.05) is 11.3 Å². The molecule has 2 nitrogen and oxygen atoms in total. The second kappa shape index (κ2) is 8.03. The molecule has 0 amide bonds. The Kier molecular flexibility index (Phi) is 7.05. The summed E-state index contributed by atoms with van der Waals surface area (Å²) >= 11 is 1.86. The molecule has 0 aliphatic carbocycles. The van der Waals surface area contributed by atoms with Crippen molar-refractivity contribution in [1.82, 2.24) is 10.2 Å². The van der Waals surface area contributed by atoms with E-state index in [2.05, 4.69) is 62.5 Å². The molecule has 0 radical (unpaired) electrons. The van der Waals surface area contributed by atoms with E-state index in [4.69, 9.17) is 0 Å². The maximum atomic E-state index is 3.62. The van der Waals surface area contributed by atoms with Crippen LogP contribution in [-0.4, -0.2) is 37.6 Å². The van der Waals surface area contributed by atoms with Crippen LogP contribution in [0, 0.1) is 5.41 Å². The van der Waals surface area contributed by atoms with Crippen molar-refractivity contribution in [2.45, 2.75) is 46.6 Å². The lowest BCUT2D eigenvalue weighted by Crippen LogP contribution is -2.42. The highest BCUT2D eigenvalue weighted by Gasteiger charge is 2.23. The predicted molar refractivity (Wildman–Crippen MR) is 87.1 cm³/mol. The van der Waals surface area contributed by atoms with E-state index in [-0.39, 0.29) is 0 Å². The van der Waals surface area contributed by atoms with Gasteiger partial charge < -0.3 is 10.2 Å². The van der Waals surface area contributed by atoms with Crippen molar-refractivity contribution in [3.63, 3.8) is 0 Å². The van der Waals surface area contributed by atoms with Crippen LogP contribution in [-0.2, 0) is 6.42 Å². The van der Waals surface area contributed by atoms with Crippen LogP contribution in [0.2, 0.25) is 0 Å². The van der Waals surface area contributed by atoms with Gasteiger partial charge in [0.1, 0.15) is 0 Å². The first-order valence-electron chi connectivity index (χ1n) is 7.37. The Labute approximate surface area is 123 Å². The van der Waals surface area contributed by atoms with Gasteiger partial charge in [0, 0.05) is 17.5 Å². The van der Waals surface area contributed by atoms with E-state index < -0.39 is 0 Å². The topological polar surface area (TPSA) is 15.3 Å². The van der Waals surface area contributed by atoms with Crippen LogP contribution in [0.3, 0.4) is 0 Å². The van der Waals surface area contributed by atoms with Crippen molar-refractivity contribution < 1.29 is 0 Å². The summed E-state index contributed by atoms with van der Waals surface area (Å²) in [6.07, 6.45) is 2.40. The molecule has 1 unspecified atom stereocenters. The van der Waals surface area contributed by atoms with E-state index in [9.17, 15) is 0 Å². The summed E-state index contributed by atoms with van der Waals surface area (Å²) in [5.74, 6) is 0. The standard InChI is InChI=1S/C16H30N2S/c1-6-17-15(16(2,3)4)10-12-18(5)11-9-14-8-7-13-19-14/h7-8,13,15,17H,6,9-12H2,1-5H3. The molecule has 1 atom stereocenters. The second-order valence-corrected chi connectivity index (χ2v) is 7.43. The van der Waals surface area contributed by atoms with Gasteiger partial charge in [0.2, 0.25) is 0 Å². The Balaban J connectivity index is 2.29. The first-order chi connectivity index (χ1) is 8.93. The van der Waals surface area contributed by atoms with E-state index in [0.29, 0.717) is 11.5 Å². The molecule has 1 rings (SSSR count). The molecule has 19 heavy (non-hydrogen) atoms. The van der Waals surface area contributed by atoms with Gasteiger partial charge in [-0.05, 0) is 49.8 Å². The van der Waals surface area contributed by atoms with Crippen molar-refractivity contribution in [1.29, 1.82) is 0 Å². The molecule has 1 N–H and O–H groups in total. The third kappa shape index (κ3) is 6.55. The van der Waals surface area contributed by atoms with E-state index in [1.54, 1.807) is 0 Å². The summed E-state index contributed by atoms with van der Waals surface area (Å²) in [6.45, 7) is 12.5. The minimum atomic E-state index is 0.338. The lowest BCUT2D eigenvalue weighted by Gasteiger charge is -2.32. The fraction of sp³-hybridized carbons (Fsp3) is 0.750. The number of hydrogen-bond acceptors (Lipinski definition) is 3. The smallest absolute Gasteiger partial charge is 0.0128 e. The maximum Gasteiger partial charge on any atom is 0.0128 e. The molecular weight excluding hydrogens is 252 g/mol. The minimum Gasteiger partial charge on any atom is -0.314 e. The second-order valence-electron chi connectivity index (χ2n) is 6.40. The first kappa shape index (κ1) is 16.7. The zero-order chi connectivity index (χ0) is 14.3. The fourth-order valence-electron chi connectivity index (χ4n) is 2.30.